The van der Waals surface area contributed by atoms with Crippen LogP contribution >= 0.6 is 0 Å². The maximum absolute atomic E-state index is 5.83. The van der Waals surface area contributed by atoms with E-state index in [0.29, 0.717) is 6.10 Å². The highest BCUT2D eigenvalue weighted by molar-refractivity contribution is 5.61. The van der Waals surface area contributed by atoms with Crippen LogP contribution in [-0.2, 0) is 4.74 Å². The van der Waals surface area contributed by atoms with Crippen LogP contribution in [-0.4, -0.2) is 33.4 Å². The van der Waals surface area contributed by atoms with E-state index >= 15 is 0 Å². The number of nitrogens with two attached hydrogens (primary N) is 1. The minimum absolute atomic E-state index is 0.326. The zero-order valence-electron chi connectivity index (χ0n) is 9.77. The second-order valence-electron chi connectivity index (χ2n) is 4.06. The van der Waals surface area contributed by atoms with E-state index in [2.05, 4.69) is 4.90 Å². The first-order valence-corrected chi connectivity index (χ1v) is 5.45. The Hall–Kier alpha value is -1.42. The number of hydrogen-bond donors (Lipinski definition) is 1. The number of methoxy groups -OCH3 is 2. The zero-order chi connectivity index (χ0) is 11.5. The summed E-state index contributed by atoms with van der Waals surface area (Å²) in [6.45, 7) is 1.92. The molecule has 1 aromatic rings. The Morgan fingerprint density at radius 1 is 1.31 bits per heavy atom. The quantitative estimate of drug-likeness (QED) is 0.787. The summed E-state index contributed by atoms with van der Waals surface area (Å²) in [4.78, 5) is 2.27. The van der Waals surface area contributed by atoms with Crippen molar-refractivity contribution >= 4 is 11.4 Å². The highest BCUT2D eigenvalue weighted by atomic mass is 16.5. The van der Waals surface area contributed by atoms with Crippen LogP contribution in [0.3, 0.4) is 0 Å². The van der Waals surface area contributed by atoms with Crippen LogP contribution in [0.15, 0.2) is 18.2 Å². The van der Waals surface area contributed by atoms with Gasteiger partial charge in [-0.05, 0) is 12.5 Å². The van der Waals surface area contributed by atoms with Gasteiger partial charge in [-0.15, -0.1) is 0 Å². The molecule has 2 rings (SSSR count). The van der Waals surface area contributed by atoms with Crippen molar-refractivity contribution in [2.45, 2.75) is 12.5 Å². The minimum atomic E-state index is 0.326. The molecule has 1 heterocycles. The van der Waals surface area contributed by atoms with Gasteiger partial charge in [-0.25, -0.2) is 0 Å². The van der Waals surface area contributed by atoms with Crippen LogP contribution in [0.4, 0.5) is 11.4 Å². The molecule has 4 heteroatoms. The summed E-state index contributed by atoms with van der Waals surface area (Å²) in [5, 5.41) is 0. The number of ether oxygens (including phenoxy) is 2. The molecule has 1 fully saturated rings. The number of anilines is 2. The fourth-order valence-electron chi connectivity index (χ4n) is 2.06. The van der Waals surface area contributed by atoms with E-state index in [-0.39, 0.29) is 0 Å². The Bertz CT molecular complexity index is 368. The van der Waals surface area contributed by atoms with E-state index in [1.54, 1.807) is 14.2 Å². The molecule has 1 atom stereocenters. The van der Waals surface area contributed by atoms with Gasteiger partial charge in [-0.2, -0.15) is 0 Å². The third kappa shape index (κ3) is 2.22. The topological polar surface area (TPSA) is 47.7 Å². The van der Waals surface area contributed by atoms with Crippen molar-refractivity contribution in [3.05, 3.63) is 18.2 Å². The lowest BCUT2D eigenvalue weighted by atomic mass is 10.2. The third-order valence-corrected chi connectivity index (χ3v) is 2.99. The SMILES string of the molecule is COc1cc(N)cc(N2CCC(OC)C2)c1. The zero-order valence-corrected chi connectivity index (χ0v) is 9.77. The molecule has 1 aromatic carbocycles. The Kier molecular flexibility index (Phi) is 3.19. The van der Waals surface area contributed by atoms with E-state index < -0.39 is 0 Å². The van der Waals surface area contributed by atoms with Crippen molar-refractivity contribution in [2.24, 2.45) is 0 Å². The third-order valence-electron chi connectivity index (χ3n) is 2.99. The molecule has 0 aliphatic carbocycles. The minimum Gasteiger partial charge on any atom is -0.497 e. The molecule has 2 N–H and O–H groups in total. The first-order chi connectivity index (χ1) is 7.72. The summed E-state index contributed by atoms with van der Waals surface area (Å²) in [7, 11) is 3.41. The molecular weight excluding hydrogens is 204 g/mol. The highest BCUT2D eigenvalue weighted by Crippen LogP contribution is 2.28. The Morgan fingerprint density at radius 2 is 2.12 bits per heavy atom. The van der Waals surface area contributed by atoms with Crippen molar-refractivity contribution in [3.63, 3.8) is 0 Å². The van der Waals surface area contributed by atoms with Crippen molar-refractivity contribution < 1.29 is 9.47 Å². The van der Waals surface area contributed by atoms with Gasteiger partial charge in [0.1, 0.15) is 5.75 Å². The van der Waals surface area contributed by atoms with E-state index in [1.807, 2.05) is 18.2 Å². The van der Waals surface area contributed by atoms with Crippen LogP contribution in [0.5, 0.6) is 5.75 Å². The molecule has 0 bridgehead atoms. The molecule has 0 aromatic heterocycles. The van der Waals surface area contributed by atoms with Gasteiger partial charge in [-0.1, -0.05) is 0 Å². The van der Waals surface area contributed by atoms with E-state index in [0.717, 1.165) is 36.6 Å². The van der Waals surface area contributed by atoms with Crippen molar-refractivity contribution in [3.8, 4) is 5.75 Å². The summed E-state index contributed by atoms with van der Waals surface area (Å²) in [6, 6.07) is 5.81. The van der Waals surface area contributed by atoms with Crippen LogP contribution in [0.1, 0.15) is 6.42 Å². The summed E-state index contributed by atoms with van der Waals surface area (Å²) in [5.41, 5.74) is 7.67. The summed E-state index contributed by atoms with van der Waals surface area (Å²) in [6.07, 6.45) is 1.39. The first-order valence-electron chi connectivity index (χ1n) is 5.45. The van der Waals surface area contributed by atoms with Gasteiger partial charge < -0.3 is 20.1 Å². The Balaban J connectivity index is 2.17. The largest absolute Gasteiger partial charge is 0.497 e. The average molecular weight is 222 g/mol. The normalized spacial score (nSPS) is 20.1. The molecule has 1 aliphatic heterocycles. The second-order valence-corrected chi connectivity index (χ2v) is 4.06. The molecule has 0 radical (unpaired) electrons. The standard InChI is InChI=1S/C12H18N2O2/c1-15-11-3-4-14(8-11)10-5-9(13)6-12(7-10)16-2/h5-7,11H,3-4,8,13H2,1-2H3. The van der Waals surface area contributed by atoms with Gasteiger partial charge in [0.25, 0.3) is 0 Å². The monoisotopic (exact) mass is 222 g/mol. The Morgan fingerprint density at radius 3 is 2.75 bits per heavy atom. The van der Waals surface area contributed by atoms with Gasteiger partial charge in [0, 0.05) is 43.7 Å². The summed E-state index contributed by atoms with van der Waals surface area (Å²) < 4.78 is 10.6. The second kappa shape index (κ2) is 4.61. The van der Waals surface area contributed by atoms with Crippen molar-refractivity contribution in [2.75, 3.05) is 37.9 Å². The predicted molar refractivity (Wildman–Crippen MR) is 65.0 cm³/mol. The molecular formula is C12H18N2O2. The molecule has 1 aliphatic rings. The van der Waals surface area contributed by atoms with Gasteiger partial charge in [-0.3, -0.25) is 0 Å². The van der Waals surface area contributed by atoms with Gasteiger partial charge in [0.2, 0.25) is 0 Å². The van der Waals surface area contributed by atoms with Crippen LogP contribution in [0, 0.1) is 0 Å². The highest BCUT2D eigenvalue weighted by Gasteiger charge is 2.22. The van der Waals surface area contributed by atoms with Gasteiger partial charge in [0.15, 0.2) is 0 Å². The lowest BCUT2D eigenvalue weighted by Crippen LogP contribution is -2.22. The molecule has 88 valence electrons. The number of nitrogens with zero attached hydrogens (tertiary/aromatic N) is 1. The smallest absolute Gasteiger partial charge is 0.122 e. The van der Waals surface area contributed by atoms with Gasteiger partial charge in [0.05, 0.1) is 13.2 Å². The van der Waals surface area contributed by atoms with E-state index in [9.17, 15) is 0 Å². The lowest BCUT2D eigenvalue weighted by molar-refractivity contribution is 0.121. The maximum atomic E-state index is 5.83. The number of rotatable bonds is 3. The van der Waals surface area contributed by atoms with Crippen LogP contribution in [0.25, 0.3) is 0 Å². The summed E-state index contributed by atoms with van der Waals surface area (Å²) >= 11 is 0. The number of benzene rings is 1. The molecule has 4 nitrogen and oxygen atoms in total. The fourth-order valence-corrected chi connectivity index (χ4v) is 2.06. The molecule has 0 saturated carbocycles. The van der Waals surface area contributed by atoms with Gasteiger partial charge >= 0.3 is 0 Å². The Labute approximate surface area is 95.9 Å². The van der Waals surface area contributed by atoms with E-state index in [1.165, 1.54) is 0 Å². The molecule has 16 heavy (non-hydrogen) atoms. The fraction of sp³-hybridized carbons (Fsp3) is 0.500. The first kappa shape index (κ1) is 11.1. The number of nitrogen functional groups attached to an aromatic ring is 1. The predicted octanol–water partition coefficient (Wildman–Crippen LogP) is 1.50. The summed E-state index contributed by atoms with van der Waals surface area (Å²) in [5.74, 6) is 0.802. The van der Waals surface area contributed by atoms with E-state index in [4.69, 9.17) is 15.2 Å². The van der Waals surface area contributed by atoms with Crippen LogP contribution < -0.4 is 15.4 Å². The number of hydrogen-bond acceptors (Lipinski definition) is 4. The maximum Gasteiger partial charge on any atom is 0.122 e. The lowest BCUT2D eigenvalue weighted by Gasteiger charge is -2.19. The molecule has 0 spiro atoms. The van der Waals surface area contributed by atoms with Crippen LogP contribution in [0.2, 0.25) is 0 Å². The molecule has 0 amide bonds. The van der Waals surface area contributed by atoms with Crippen molar-refractivity contribution in [1.82, 2.24) is 0 Å². The van der Waals surface area contributed by atoms with Crippen molar-refractivity contribution in [1.29, 1.82) is 0 Å². The molecule has 1 saturated heterocycles. The average Bonchev–Trinajstić information content (AvgIpc) is 2.76. The molecule has 1 unspecified atom stereocenters.